The lowest BCUT2D eigenvalue weighted by Crippen LogP contribution is -2.21. The Morgan fingerprint density at radius 2 is 1.54 bits per heavy atom. The summed E-state index contributed by atoms with van der Waals surface area (Å²) >= 11 is 0. The number of rotatable bonds is 17. The average Bonchev–Trinajstić information content (AvgIpc) is 2.59. The Bertz CT molecular complexity index is 320. The van der Waals surface area contributed by atoms with Crippen molar-refractivity contribution < 1.29 is 19.1 Å². The van der Waals surface area contributed by atoms with Gasteiger partial charge in [0.1, 0.15) is 0 Å². The van der Waals surface area contributed by atoms with Crippen molar-refractivity contribution in [1.82, 2.24) is 5.32 Å². The van der Waals surface area contributed by atoms with Crippen LogP contribution in [0.15, 0.2) is 0 Å². The number of hydrogen-bond donors (Lipinski definition) is 2. The summed E-state index contributed by atoms with van der Waals surface area (Å²) in [6.07, 6.45) is 4.52. The Labute approximate surface area is 153 Å². The van der Waals surface area contributed by atoms with E-state index in [-0.39, 0.29) is 11.9 Å². The highest BCUT2D eigenvalue weighted by molar-refractivity contribution is 8.76. The van der Waals surface area contributed by atoms with Crippen LogP contribution < -0.4 is 11.1 Å². The standard InChI is InChI=1S/C16H32N2O4S2/c1-2-15(19)21-11-5-3-4-6-12-22-16(20)7-9-18-10-14-24-23-13-8-17/h18H,2-14,17H2,1H3. The van der Waals surface area contributed by atoms with Gasteiger partial charge in [-0.3, -0.25) is 9.59 Å². The van der Waals surface area contributed by atoms with Crippen LogP contribution in [-0.2, 0) is 19.1 Å². The molecule has 8 heteroatoms. The van der Waals surface area contributed by atoms with Gasteiger partial charge in [-0.2, -0.15) is 0 Å². The molecular formula is C16H32N2O4S2. The van der Waals surface area contributed by atoms with Crippen molar-refractivity contribution in [2.75, 3.05) is 44.4 Å². The molecular weight excluding hydrogens is 348 g/mol. The third-order valence-corrected chi connectivity index (χ3v) is 5.45. The molecule has 6 nitrogen and oxygen atoms in total. The fraction of sp³-hybridized carbons (Fsp3) is 0.875. The SMILES string of the molecule is CCC(=O)OCCCCCCOC(=O)CCNCCSSCCN. The number of esters is 2. The summed E-state index contributed by atoms with van der Waals surface area (Å²) in [5.41, 5.74) is 5.40. The first kappa shape index (κ1) is 23.6. The van der Waals surface area contributed by atoms with Gasteiger partial charge < -0.3 is 20.5 Å². The number of nitrogens with one attached hydrogen (secondary N) is 1. The van der Waals surface area contributed by atoms with E-state index in [1.165, 1.54) is 0 Å². The molecule has 0 aromatic carbocycles. The van der Waals surface area contributed by atoms with E-state index >= 15 is 0 Å². The predicted molar refractivity (Wildman–Crippen MR) is 102 cm³/mol. The van der Waals surface area contributed by atoms with E-state index in [1.807, 2.05) is 0 Å². The van der Waals surface area contributed by atoms with Crippen molar-refractivity contribution in [3.63, 3.8) is 0 Å². The molecule has 0 aliphatic heterocycles. The summed E-state index contributed by atoms with van der Waals surface area (Å²) in [6.45, 7) is 5.00. The van der Waals surface area contributed by atoms with Crippen LogP contribution in [0.2, 0.25) is 0 Å². The molecule has 0 aliphatic rings. The summed E-state index contributed by atoms with van der Waals surface area (Å²) in [4.78, 5) is 22.4. The lowest BCUT2D eigenvalue weighted by molar-refractivity contribution is -0.144. The summed E-state index contributed by atoms with van der Waals surface area (Å²) < 4.78 is 10.2. The van der Waals surface area contributed by atoms with Gasteiger partial charge in [0.2, 0.25) is 0 Å². The first-order valence-electron chi connectivity index (χ1n) is 8.67. The van der Waals surface area contributed by atoms with E-state index in [9.17, 15) is 9.59 Å². The minimum absolute atomic E-state index is 0.148. The second-order valence-corrected chi connectivity index (χ2v) is 7.84. The predicted octanol–water partition coefficient (Wildman–Crippen LogP) is 2.36. The molecule has 0 saturated heterocycles. The molecule has 0 heterocycles. The third-order valence-electron chi connectivity index (χ3n) is 3.01. The number of nitrogens with two attached hydrogens (primary N) is 1. The highest BCUT2D eigenvalue weighted by atomic mass is 33.1. The zero-order chi connectivity index (χ0) is 17.9. The molecule has 0 fully saturated rings. The van der Waals surface area contributed by atoms with Crippen molar-refractivity contribution in [1.29, 1.82) is 0 Å². The Kier molecular flexibility index (Phi) is 18.5. The first-order valence-corrected chi connectivity index (χ1v) is 11.2. The van der Waals surface area contributed by atoms with Crippen molar-refractivity contribution in [3.8, 4) is 0 Å². The maximum Gasteiger partial charge on any atom is 0.307 e. The molecule has 0 unspecified atom stereocenters. The topological polar surface area (TPSA) is 90.6 Å². The molecule has 24 heavy (non-hydrogen) atoms. The van der Waals surface area contributed by atoms with Gasteiger partial charge in [-0.15, -0.1) is 0 Å². The van der Waals surface area contributed by atoms with Crippen molar-refractivity contribution in [2.24, 2.45) is 5.73 Å². The van der Waals surface area contributed by atoms with Gasteiger partial charge in [-0.25, -0.2) is 0 Å². The number of carbonyl (C=O) groups excluding carboxylic acids is 2. The number of carbonyl (C=O) groups is 2. The Morgan fingerprint density at radius 1 is 0.917 bits per heavy atom. The van der Waals surface area contributed by atoms with Crippen molar-refractivity contribution in [2.45, 2.75) is 45.4 Å². The van der Waals surface area contributed by atoms with E-state index in [1.54, 1.807) is 28.5 Å². The Morgan fingerprint density at radius 3 is 2.17 bits per heavy atom. The minimum atomic E-state index is -0.149. The summed E-state index contributed by atoms with van der Waals surface area (Å²) in [5.74, 6) is 1.68. The Balaban J connectivity index is 3.20. The molecule has 0 aliphatic carbocycles. The zero-order valence-electron chi connectivity index (χ0n) is 14.7. The normalized spacial score (nSPS) is 10.6. The first-order chi connectivity index (χ1) is 11.7. The number of ether oxygens (including phenoxy) is 2. The maximum absolute atomic E-state index is 11.5. The minimum Gasteiger partial charge on any atom is -0.466 e. The van der Waals surface area contributed by atoms with Crippen LogP contribution in [0.5, 0.6) is 0 Å². The van der Waals surface area contributed by atoms with Crippen LogP contribution in [0, 0.1) is 0 Å². The molecule has 3 N–H and O–H groups in total. The van der Waals surface area contributed by atoms with E-state index in [0.29, 0.717) is 39.1 Å². The van der Waals surface area contributed by atoms with Crippen LogP contribution in [0.25, 0.3) is 0 Å². The molecule has 0 aromatic rings. The molecule has 0 aromatic heterocycles. The lowest BCUT2D eigenvalue weighted by Gasteiger charge is -2.06. The van der Waals surface area contributed by atoms with Gasteiger partial charge in [0.15, 0.2) is 0 Å². The van der Waals surface area contributed by atoms with Crippen LogP contribution in [0.4, 0.5) is 0 Å². The maximum atomic E-state index is 11.5. The van der Waals surface area contributed by atoms with E-state index < -0.39 is 0 Å². The molecule has 0 radical (unpaired) electrons. The second-order valence-electron chi connectivity index (χ2n) is 5.14. The highest BCUT2D eigenvalue weighted by Gasteiger charge is 2.02. The van der Waals surface area contributed by atoms with Crippen LogP contribution >= 0.6 is 21.6 Å². The van der Waals surface area contributed by atoms with E-state index in [0.717, 1.165) is 43.7 Å². The zero-order valence-corrected chi connectivity index (χ0v) is 16.4. The molecule has 0 atom stereocenters. The molecule has 142 valence electrons. The molecule has 0 bridgehead atoms. The Hall–Kier alpha value is -0.440. The lowest BCUT2D eigenvalue weighted by atomic mass is 10.2. The molecule has 0 saturated carbocycles. The second kappa shape index (κ2) is 18.9. The van der Waals surface area contributed by atoms with Gasteiger partial charge in [-0.05, 0) is 25.7 Å². The monoisotopic (exact) mass is 380 g/mol. The highest BCUT2D eigenvalue weighted by Crippen LogP contribution is 2.18. The van der Waals surface area contributed by atoms with Crippen LogP contribution in [0.3, 0.4) is 0 Å². The fourth-order valence-corrected chi connectivity index (χ4v) is 3.50. The number of unbranched alkanes of at least 4 members (excludes halogenated alkanes) is 3. The average molecular weight is 381 g/mol. The van der Waals surface area contributed by atoms with Gasteiger partial charge in [0.05, 0.1) is 19.6 Å². The largest absolute Gasteiger partial charge is 0.466 e. The third kappa shape index (κ3) is 17.9. The summed E-state index contributed by atoms with van der Waals surface area (Å²) in [5, 5.41) is 3.22. The van der Waals surface area contributed by atoms with Gasteiger partial charge in [0, 0.05) is 37.6 Å². The summed E-state index contributed by atoms with van der Waals surface area (Å²) in [7, 11) is 3.57. The van der Waals surface area contributed by atoms with E-state index in [2.05, 4.69) is 5.32 Å². The van der Waals surface area contributed by atoms with Crippen LogP contribution in [0.1, 0.15) is 45.4 Å². The van der Waals surface area contributed by atoms with Gasteiger partial charge in [0.25, 0.3) is 0 Å². The van der Waals surface area contributed by atoms with E-state index in [4.69, 9.17) is 15.2 Å². The fourth-order valence-electron chi connectivity index (χ4n) is 1.70. The molecule has 0 rings (SSSR count). The molecule has 0 spiro atoms. The van der Waals surface area contributed by atoms with Gasteiger partial charge >= 0.3 is 11.9 Å². The van der Waals surface area contributed by atoms with Crippen molar-refractivity contribution in [3.05, 3.63) is 0 Å². The smallest absolute Gasteiger partial charge is 0.307 e. The van der Waals surface area contributed by atoms with Crippen molar-refractivity contribution >= 4 is 33.5 Å². The molecule has 0 amide bonds. The summed E-state index contributed by atoms with van der Waals surface area (Å²) in [6, 6.07) is 0. The van der Waals surface area contributed by atoms with Crippen LogP contribution in [-0.4, -0.2) is 56.3 Å². The number of hydrogen-bond acceptors (Lipinski definition) is 8. The van der Waals surface area contributed by atoms with Gasteiger partial charge in [-0.1, -0.05) is 28.5 Å². The quantitative estimate of drug-likeness (QED) is 0.226.